The molecule has 0 aromatic carbocycles. The smallest absolute Gasteiger partial charge is 0.0328 e. The molecule has 1 fully saturated rings. The predicted octanol–water partition coefficient (Wildman–Crippen LogP) is 3.19. The van der Waals surface area contributed by atoms with Gasteiger partial charge < -0.3 is 5.32 Å². The van der Waals surface area contributed by atoms with E-state index in [1.165, 1.54) is 28.6 Å². The van der Waals surface area contributed by atoms with Crippen LogP contribution in [0.2, 0.25) is 0 Å². The molecule has 2 nitrogen and oxygen atoms in total. The molecular weight excluding hydrogens is 260 g/mol. The fraction of sp³-hybridized carbons (Fsp3) is 0.714. The van der Waals surface area contributed by atoms with Crippen LogP contribution in [0.4, 0.5) is 0 Å². The standard InChI is InChI=1S/C14H24N2S2/c1-4-15-9-12-5-6-13(18-12)10-16-7-8-17-14(2,3)11-16/h5-6,15H,4,7-11H2,1-3H3. The van der Waals surface area contributed by atoms with Gasteiger partial charge in [-0.3, -0.25) is 4.90 Å². The molecule has 2 heterocycles. The molecule has 0 atom stereocenters. The number of thioether (sulfide) groups is 1. The Bertz CT molecular complexity index is 374. The average molecular weight is 284 g/mol. The minimum Gasteiger partial charge on any atom is -0.312 e. The Morgan fingerprint density at radius 2 is 2.11 bits per heavy atom. The summed E-state index contributed by atoms with van der Waals surface area (Å²) in [6.07, 6.45) is 0. The summed E-state index contributed by atoms with van der Waals surface area (Å²) >= 11 is 4.06. The zero-order chi connectivity index (χ0) is 13.0. The normalized spacial score (nSPS) is 20.2. The summed E-state index contributed by atoms with van der Waals surface area (Å²) in [5, 5.41) is 3.39. The SMILES string of the molecule is CCNCc1ccc(CN2CCSC(C)(C)C2)s1. The van der Waals surface area contributed by atoms with E-state index in [4.69, 9.17) is 0 Å². The largest absolute Gasteiger partial charge is 0.312 e. The van der Waals surface area contributed by atoms with Crippen molar-refractivity contribution < 1.29 is 0 Å². The van der Waals surface area contributed by atoms with Crippen LogP contribution in [-0.2, 0) is 13.1 Å². The molecule has 0 saturated carbocycles. The van der Waals surface area contributed by atoms with Crippen molar-refractivity contribution in [3.8, 4) is 0 Å². The van der Waals surface area contributed by atoms with Crippen LogP contribution in [0.1, 0.15) is 30.5 Å². The number of nitrogens with zero attached hydrogens (tertiary/aromatic N) is 1. The van der Waals surface area contributed by atoms with Gasteiger partial charge in [-0.15, -0.1) is 11.3 Å². The summed E-state index contributed by atoms with van der Waals surface area (Å²) in [7, 11) is 0. The molecule has 1 N–H and O–H groups in total. The van der Waals surface area contributed by atoms with Gasteiger partial charge in [-0.2, -0.15) is 11.8 Å². The number of rotatable bonds is 5. The lowest BCUT2D eigenvalue weighted by atomic mass is 10.2. The summed E-state index contributed by atoms with van der Waals surface area (Å²) in [6.45, 7) is 12.5. The van der Waals surface area contributed by atoms with Gasteiger partial charge in [0.1, 0.15) is 0 Å². The molecule has 102 valence electrons. The van der Waals surface area contributed by atoms with E-state index in [-0.39, 0.29) is 0 Å². The minimum atomic E-state index is 0.419. The lowest BCUT2D eigenvalue weighted by molar-refractivity contribution is 0.254. The van der Waals surface area contributed by atoms with E-state index in [1.807, 2.05) is 11.3 Å². The second-order valence-electron chi connectivity index (χ2n) is 5.47. The zero-order valence-corrected chi connectivity index (χ0v) is 13.3. The fourth-order valence-electron chi connectivity index (χ4n) is 2.32. The molecule has 0 aliphatic carbocycles. The molecule has 1 aromatic rings. The summed E-state index contributed by atoms with van der Waals surface area (Å²) < 4.78 is 0.419. The molecule has 1 saturated heterocycles. The van der Waals surface area contributed by atoms with Crippen molar-refractivity contribution in [2.45, 2.75) is 38.6 Å². The van der Waals surface area contributed by atoms with E-state index in [9.17, 15) is 0 Å². The van der Waals surface area contributed by atoms with Crippen LogP contribution in [-0.4, -0.2) is 35.0 Å². The Hall–Kier alpha value is -0.0300. The Balaban J connectivity index is 1.87. The highest BCUT2D eigenvalue weighted by molar-refractivity contribution is 8.00. The molecule has 18 heavy (non-hydrogen) atoms. The molecule has 0 unspecified atom stereocenters. The van der Waals surface area contributed by atoms with Gasteiger partial charge in [0, 0.05) is 46.4 Å². The van der Waals surface area contributed by atoms with Crippen molar-refractivity contribution in [3.05, 3.63) is 21.9 Å². The third kappa shape index (κ3) is 4.26. The summed E-state index contributed by atoms with van der Waals surface area (Å²) in [5.41, 5.74) is 0. The average Bonchev–Trinajstić information content (AvgIpc) is 2.73. The van der Waals surface area contributed by atoms with Gasteiger partial charge >= 0.3 is 0 Å². The first-order valence-corrected chi connectivity index (χ1v) is 8.54. The van der Waals surface area contributed by atoms with Gasteiger partial charge in [-0.1, -0.05) is 6.92 Å². The lowest BCUT2D eigenvalue weighted by Crippen LogP contribution is -2.42. The van der Waals surface area contributed by atoms with E-state index < -0.39 is 0 Å². The quantitative estimate of drug-likeness (QED) is 0.894. The van der Waals surface area contributed by atoms with Crippen molar-refractivity contribution in [2.24, 2.45) is 0 Å². The zero-order valence-electron chi connectivity index (χ0n) is 11.7. The second kappa shape index (κ2) is 6.42. The molecule has 1 aromatic heterocycles. The molecular formula is C14H24N2S2. The van der Waals surface area contributed by atoms with Crippen LogP contribution in [0.15, 0.2) is 12.1 Å². The van der Waals surface area contributed by atoms with Gasteiger partial charge in [0.05, 0.1) is 0 Å². The topological polar surface area (TPSA) is 15.3 Å². The summed E-state index contributed by atoms with van der Waals surface area (Å²) in [6, 6.07) is 4.57. The van der Waals surface area contributed by atoms with Crippen molar-refractivity contribution in [1.82, 2.24) is 10.2 Å². The maximum Gasteiger partial charge on any atom is 0.0328 e. The molecule has 0 spiro atoms. The third-order valence-electron chi connectivity index (χ3n) is 3.15. The van der Waals surface area contributed by atoms with E-state index in [0.29, 0.717) is 4.75 Å². The molecule has 1 aliphatic rings. The van der Waals surface area contributed by atoms with E-state index in [2.05, 4.69) is 54.9 Å². The number of nitrogens with one attached hydrogen (secondary N) is 1. The second-order valence-corrected chi connectivity index (χ2v) is 8.52. The first kappa shape index (κ1) is 14.4. The van der Waals surface area contributed by atoms with Crippen LogP contribution in [0.25, 0.3) is 0 Å². The van der Waals surface area contributed by atoms with Crippen LogP contribution < -0.4 is 5.32 Å². The molecule has 1 aliphatic heterocycles. The first-order chi connectivity index (χ1) is 8.59. The summed E-state index contributed by atoms with van der Waals surface area (Å²) in [5.74, 6) is 1.27. The van der Waals surface area contributed by atoms with Gasteiger partial charge in [0.15, 0.2) is 0 Å². The van der Waals surface area contributed by atoms with Crippen LogP contribution in [0, 0.1) is 0 Å². The predicted molar refractivity (Wildman–Crippen MR) is 83.5 cm³/mol. The van der Waals surface area contributed by atoms with Crippen molar-refractivity contribution in [3.63, 3.8) is 0 Å². The van der Waals surface area contributed by atoms with Gasteiger partial charge in [0.2, 0.25) is 0 Å². The van der Waals surface area contributed by atoms with Crippen LogP contribution in [0.3, 0.4) is 0 Å². The molecule has 0 radical (unpaired) electrons. The van der Waals surface area contributed by atoms with Crippen LogP contribution in [0.5, 0.6) is 0 Å². The van der Waals surface area contributed by atoms with Crippen molar-refractivity contribution in [2.75, 3.05) is 25.4 Å². The van der Waals surface area contributed by atoms with Crippen molar-refractivity contribution >= 4 is 23.1 Å². The highest BCUT2D eigenvalue weighted by Gasteiger charge is 2.26. The number of hydrogen-bond donors (Lipinski definition) is 1. The maximum atomic E-state index is 3.39. The minimum absolute atomic E-state index is 0.419. The fourth-order valence-corrected chi connectivity index (χ4v) is 4.53. The van der Waals surface area contributed by atoms with E-state index in [1.54, 1.807) is 0 Å². The molecule has 2 rings (SSSR count). The number of thiophene rings is 1. The van der Waals surface area contributed by atoms with Crippen LogP contribution >= 0.6 is 23.1 Å². The third-order valence-corrected chi connectivity index (χ3v) is 5.52. The van der Waals surface area contributed by atoms with Gasteiger partial charge in [-0.05, 0) is 32.5 Å². The Morgan fingerprint density at radius 1 is 1.33 bits per heavy atom. The molecule has 0 bridgehead atoms. The first-order valence-electron chi connectivity index (χ1n) is 6.74. The molecule has 0 amide bonds. The van der Waals surface area contributed by atoms with E-state index in [0.717, 1.165) is 19.6 Å². The monoisotopic (exact) mass is 284 g/mol. The molecule has 4 heteroatoms. The summed E-state index contributed by atoms with van der Waals surface area (Å²) in [4.78, 5) is 5.56. The Kier molecular flexibility index (Phi) is 5.13. The van der Waals surface area contributed by atoms with Gasteiger partial charge in [-0.25, -0.2) is 0 Å². The Morgan fingerprint density at radius 3 is 2.83 bits per heavy atom. The van der Waals surface area contributed by atoms with Gasteiger partial charge in [0.25, 0.3) is 0 Å². The Labute approximate surface area is 119 Å². The number of hydrogen-bond acceptors (Lipinski definition) is 4. The van der Waals surface area contributed by atoms with E-state index >= 15 is 0 Å². The maximum absolute atomic E-state index is 3.39. The lowest BCUT2D eigenvalue weighted by Gasteiger charge is -2.37. The van der Waals surface area contributed by atoms with Crippen molar-refractivity contribution in [1.29, 1.82) is 0 Å². The highest BCUT2D eigenvalue weighted by atomic mass is 32.2. The highest BCUT2D eigenvalue weighted by Crippen LogP contribution is 2.30.